The van der Waals surface area contributed by atoms with Gasteiger partial charge in [-0.1, -0.05) is 0 Å². The molecule has 3 rings (SSSR count). The molecule has 2 atom stereocenters. The molecule has 0 aliphatic carbocycles. The van der Waals surface area contributed by atoms with Crippen molar-refractivity contribution in [3.05, 3.63) is 31.1 Å². The Morgan fingerprint density at radius 3 is 3.00 bits per heavy atom. The average Bonchev–Trinajstić information content (AvgIpc) is 3.18. The van der Waals surface area contributed by atoms with E-state index in [-0.39, 0.29) is 18.0 Å². The summed E-state index contributed by atoms with van der Waals surface area (Å²) in [6.07, 6.45) is 8.83. The minimum Gasteiger partial charge on any atom is -0.339 e. The number of aromatic nitrogens is 5. The topological polar surface area (TPSA) is 68.8 Å². The number of hydrogen-bond donors (Lipinski definition) is 0. The molecule has 3 heterocycles. The van der Waals surface area contributed by atoms with Crippen molar-refractivity contribution in [3.63, 3.8) is 0 Å². The van der Waals surface area contributed by atoms with Gasteiger partial charge < -0.3 is 4.90 Å². The molecule has 2 aromatic rings. The molecule has 0 aromatic carbocycles. The lowest BCUT2D eigenvalue weighted by Gasteiger charge is -2.34. The lowest BCUT2D eigenvalue weighted by molar-refractivity contribution is -0.136. The number of likely N-dealkylation sites (tertiary alicyclic amines) is 1. The van der Waals surface area contributed by atoms with E-state index in [9.17, 15) is 4.79 Å². The Morgan fingerprint density at radius 1 is 1.40 bits per heavy atom. The highest BCUT2D eigenvalue weighted by molar-refractivity contribution is 5.80. The largest absolute Gasteiger partial charge is 0.339 e. The summed E-state index contributed by atoms with van der Waals surface area (Å²) in [5, 5.41) is 8.32. The highest BCUT2D eigenvalue weighted by atomic mass is 16.2. The summed E-state index contributed by atoms with van der Waals surface area (Å²) < 4.78 is 3.54. The zero-order valence-corrected chi connectivity index (χ0v) is 11.5. The quantitative estimate of drug-likeness (QED) is 0.834. The average molecular weight is 274 g/mol. The Morgan fingerprint density at radius 2 is 2.30 bits per heavy atom. The molecule has 0 N–H and O–H groups in total. The molecule has 7 heteroatoms. The third-order valence-electron chi connectivity index (χ3n) is 3.80. The number of piperidine rings is 1. The highest BCUT2D eigenvalue weighted by Crippen LogP contribution is 2.22. The van der Waals surface area contributed by atoms with Crippen molar-refractivity contribution in [2.24, 2.45) is 0 Å². The van der Waals surface area contributed by atoms with Crippen LogP contribution in [-0.4, -0.2) is 48.4 Å². The van der Waals surface area contributed by atoms with Gasteiger partial charge in [0.25, 0.3) is 0 Å². The molecular formula is C13H18N6O. The Labute approximate surface area is 117 Å². The van der Waals surface area contributed by atoms with E-state index in [1.807, 2.05) is 28.8 Å². The fourth-order valence-corrected chi connectivity index (χ4v) is 2.66. The van der Waals surface area contributed by atoms with E-state index in [1.54, 1.807) is 17.2 Å². The zero-order valence-electron chi connectivity index (χ0n) is 11.5. The van der Waals surface area contributed by atoms with Gasteiger partial charge in [0.1, 0.15) is 18.7 Å². The van der Waals surface area contributed by atoms with Crippen LogP contribution in [0.5, 0.6) is 0 Å². The van der Waals surface area contributed by atoms with E-state index in [0.29, 0.717) is 6.54 Å². The number of rotatable bonds is 3. The summed E-state index contributed by atoms with van der Waals surface area (Å²) in [7, 11) is 0. The van der Waals surface area contributed by atoms with Gasteiger partial charge in [-0.2, -0.15) is 10.2 Å². The number of carbonyl (C=O) groups excluding carboxylic acids is 1. The summed E-state index contributed by atoms with van der Waals surface area (Å²) >= 11 is 0. The van der Waals surface area contributed by atoms with E-state index in [4.69, 9.17) is 0 Å². The second-order valence-electron chi connectivity index (χ2n) is 5.12. The van der Waals surface area contributed by atoms with Gasteiger partial charge in [0, 0.05) is 25.5 Å². The van der Waals surface area contributed by atoms with Crippen LogP contribution in [0.4, 0.5) is 0 Å². The second-order valence-corrected chi connectivity index (χ2v) is 5.12. The maximum Gasteiger partial charge on any atom is 0.247 e. The molecule has 1 aliphatic heterocycles. The van der Waals surface area contributed by atoms with Crippen LogP contribution >= 0.6 is 0 Å². The molecule has 0 bridgehead atoms. The molecule has 1 saturated heterocycles. The van der Waals surface area contributed by atoms with Crippen LogP contribution in [0.3, 0.4) is 0 Å². The van der Waals surface area contributed by atoms with Gasteiger partial charge in [0.05, 0.1) is 6.04 Å². The molecule has 106 valence electrons. The minimum atomic E-state index is -0.311. The maximum atomic E-state index is 12.5. The summed E-state index contributed by atoms with van der Waals surface area (Å²) in [6, 6.07) is 1.87. The molecule has 1 aliphatic rings. The summed E-state index contributed by atoms with van der Waals surface area (Å²) in [5.74, 6) is 0.0901. The fraction of sp³-hybridized carbons (Fsp3) is 0.538. The molecule has 7 nitrogen and oxygen atoms in total. The van der Waals surface area contributed by atoms with E-state index < -0.39 is 0 Å². The first kappa shape index (κ1) is 12.8. The molecule has 1 amide bonds. The molecular weight excluding hydrogens is 256 g/mol. The third kappa shape index (κ3) is 2.43. The highest BCUT2D eigenvalue weighted by Gasteiger charge is 2.28. The van der Waals surface area contributed by atoms with E-state index in [1.165, 1.54) is 6.33 Å². The van der Waals surface area contributed by atoms with Gasteiger partial charge in [0.15, 0.2) is 0 Å². The van der Waals surface area contributed by atoms with E-state index >= 15 is 0 Å². The van der Waals surface area contributed by atoms with Crippen LogP contribution < -0.4 is 0 Å². The minimum absolute atomic E-state index is 0.0901. The predicted octanol–water partition coefficient (Wildman–Crippen LogP) is 0.899. The summed E-state index contributed by atoms with van der Waals surface area (Å²) in [4.78, 5) is 18.3. The van der Waals surface area contributed by atoms with E-state index in [2.05, 4.69) is 15.2 Å². The van der Waals surface area contributed by atoms with Crippen LogP contribution in [0.2, 0.25) is 0 Å². The monoisotopic (exact) mass is 274 g/mol. The van der Waals surface area contributed by atoms with Crippen molar-refractivity contribution < 1.29 is 4.79 Å². The van der Waals surface area contributed by atoms with Crippen molar-refractivity contribution in [2.45, 2.75) is 31.8 Å². The maximum absolute atomic E-state index is 12.5. The van der Waals surface area contributed by atoms with Gasteiger partial charge in [-0.15, -0.1) is 0 Å². The molecule has 20 heavy (non-hydrogen) atoms. The van der Waals surface area contributed by atoms with Crippen molar-refractivity contribution in [1.29, 1.82) is 0 Å². The van der Waals surface area contributed by atoms with E-state index in [0.717, 1.165) is 19.4 Å². The Balaban J connectivity index is 1.69. The van der Waals surface area contributed by atoms with Gasteiger partial charge in [-0.25, -0.2) is 9.67 Å². The lowest BCUT2D eigenvalue weighted by atomic mass is 10.1. The standard InChI is InChI=1S/C13H18N6O/c1-11(19-10-14-9-16-19)13(20)17-6-2-4-12(8-17)18-7-3-5-15-18/h3,5,7,9-12H,2,4,6,8H2,1H3/t11-,12+/m0/s1. The van der Waals surface area contributed by atoms with Crippen LogP contribution in [0.15, 0.2) is 31.1 Å². The number of amides is 1. The third-order valence-corrected chi connectivity index (χ3v) is 3.80. The van der Waals surface area contributed by atoms with Crippen LogP contribution in [-0.2, 0) is 4.79 Å². The Hall–Kier alpha value is -2.18. The van der Waals surface area contributed by atoms with Gasteiger partial charge in [-0.05, 0) is 25.8 Å². The van der Waals surface area contributed by atoms with Crippen LogP contribution in [0, 0.1) is 0 Å². The number of nitrogens with zero attached hydrogens (tertiary/aromatic N) is 6. The first-order valence-corrected chi connectivity index (χ1v) is 6.87. The summed E-state index contributed by atoms with van der Waals surface area (Å²) in [5.41, 5.74) is 0. The Bertz CT molecular complexity index is 549. The van der Waals surface area contributed by atoms with Crippen molar-refractivity contribution in [3.8, 4) is 0 Å². The lowest BCUT2D eigenvalue weighted by Crippen LogP contribution is -2.43. The van der Waals surface area contributed by atoms with Crippen molar-refractivity contribution >= 4 is 5.91 Å². The van der Waals surface area contributed by atoms with Crippen LogP contribution in [0.25, 0.3) is 0 Å². The smallest absolute Gasteiger partial charge is 0.247 e. The number of hydrogen-bond acceptors (Lipinski definition) is 4. The van der Waals surface area contributed by atoms with Crippen molar-refractivity contribution in [2.75, 3.05) is 13.1 Å². The summed E-state index contributed by atoms with van der Waals surface area (Å²) in [6.45, 7) is 3.36. The predicted molar refractivity (Wildman–Crippen MR) is 71.8 cm³/mol. The molecule has 2 aromatic heterocycles. The van der Waals surface area contributed by atoms with Gasteiger partial charge in [-0.3, -0.25) is 9.48 Å². The molecule has 0 saturated carbocycles. The first-order valence-electron chi connectivity index (χ1n) is 6.87. The van der Waals surface area contributed by atoms with Gasteiger partial charge in [0.2, 0.25) is 5.91 Å². The second kappa shape index (κ2) is 5.44. The molecule has 1 fully saturated rings. The Kier molecular flexibility index (Phi) is 3.49. The number of carbonyl (C=O) groups is 1. The zero-order chi connectivity index (χ0) is 13.9. The first-order chi connectivity index (χ1) is 9.75. The SMILES string of the molecule is C[C@@H](C(=O)N1CCC[C@@H](n2cccn2)C1)n1cncn1. The fourth-order valence-electron chi connectivity index (χ4n) is 2.66. The van der Waals surface area contributed by atoms with Gasteiger partial charge >= 0.3 is 0 Å². The normalized spacial score (nSPS) is 20.9. The molecule has 0 unspecified atom stereocenters. The molecule has 0 spiro atoms. The molecule has 0 radical (unpaired) electrons. The van der Waals surface area contributed by atoms with Crippen LogP contribution in [0.1, 0.15) is 31.8 Å². The van der Waals surface area contributed by atoms with Crippen molar-refractivity contribution in [1.82, 2.24) is 29.4 Å².